The highest BCUT2D eigenvalue weighted by atomic mass is 16.3. The van der Waals surface area contributed by atoms with E-state index < -0.39 is 0 Å². The minimum Gasteiger partial charge on any atom is -0.507 e. The van der Waals surface area contributed by atoms with E-state index in [0.29, 0.717) is 11.5 Å². The fourth-order valence-corrected chi connectivity index (χ4v) is 2.82. The van der Waals surface area contributed by atoms with Crippen LogP contribution < -0.4 is 0 Å². The van der Waals surface area contributed by atoms with E-state index in [-0.39, 0.29) is 5.75 Å². The fraction of sp³-hybridized carbons (Fsp3) is 0.0909. The van der Waals surface area contributed by atoms with Crippen molar-refractivity contribution < 1.29 is 9.52 Å². The highest BCUT2D eigenvalue weighted by Gasteiger charge is 2.09. The van der Waals surface area contributed by atoms with Crippen molar-refractivity contribution in [3.63, 3.8) is 0 Å². The van der Waals surface area contributed by atoms with E-state index >= 15 is 0 Å². The lowest BCUT2D eigenvalue weighted by Gasteiger charge is -2.00. The molecule has 26 heavy (non-hydrogen) atoms. The van der Waals surface area contributed by atoms with Gasteiger partial charge in [0.05, 0.1) is 5.69 Å². The van der Waals surface area contributed by atoms with Crippen LogP contribution in [0.25, 0.3) is 22.6 Å². The van der Waals surface area contributed by atoms with Crippen LogP contribution in [-0.4, -0.2) is 16.3 Å². The molecule has 4 nitrogen and oxygen atoms in total. The first-order valence-corrected chi connectivity index (χ1v) is 8.40. The van der Waals surface area contributed by atoms with Crippen molar-refractivity contribution in [3.8, 4) is 17.2 Å². The van der Waals surface area contributed by atoms with Gasteiger partial charge in [-0.1, -0.05) is 23.8 Å². The first-order valence-electron chi connectivity index (χ1n) is 8.40. The maximum atomic E-state index is 9.89. The molecule has 0 fully saturated rings. The minimum absolute atomic E-state index is 0.220. The average Bonchev–Trinajstić information content (AvgIpc) is 3.09. The number of hydrogen-bond donors (Lipinski definition) is 1. The number of aryl methyl sites for hydroxylation is 2. The summed E-state index contributed by atoms with van der Waals surface area (Å²) in [4.78, 5) is 9.02. The summed E-state index contributed by atoms with van der Waals surface area (Å²) in [6.07, 6.45) is 1.67. The molecule has 0 radical (unpaired) electrons. The number of para-hydroxylation sites is 1. The van der Waals surface area contributed by atoms with Crippen molar-refractivity contribution in [2.45, 2.75) is 13.8 Å². The smallest absolute Gasteiger partial charge is 0.227 e. The molecular weight excluding hydrogens is 324 g/mol. The largest absolute Gasteiger partial charge is 0.507 e. The molecule has 0 aliphatic heterocycles. The number of fused-ring (bicyclic) bond motifs is 1. The summed E-state index contributed by atoms with van der Waals surface area (Å²) in [7, 11) is 0. The van der Waals surface area contributed by atoms with Crippen molar-refractivity contribution >= 4 is 23.0 Å². The summed E-state index contributed by atoms with van der Waals surface area (Å²) in [5, 5.41) is 9.89. The van der Waals surface area contributed by atoms with Gasteiger partial charge in [-0.25, -0.2) is 4.98 Å². The topological polar surface area (TPSA) is 58.6 Å². The van der Waals surface area contributed by atoms with Crippen LogP contribution in [0.5, 0.6) is 5.75 Å². The van der Waals surface area contributed by atoms with Crippen LogP contribution in [0.4, 0.5) is 5.69 Å². The lowest BCUT2D eigenvalue weighted by molar-refractivity contribution is 0.474. The average molecular weight is 342 g/mol. The second-order valence-electron chi connectivity index (χ2n) is 6.31. The van der Waals surface area contributed by atoms with Gasteiger partial charge in [0.1, 0.15) is 11.3 Å². The number of aromatic hydroxyl groups is 1. The van der Waals surface area contributed by atoms with E-state index in [1.165, 1.54) is 0 Å². The molecule has 4 aromatic rings. The quantitative estimate of drug-likeness (QED) is 0.495. The van der Waals surface area contributed by atoms with Gasteiger partial charge in [0, 0.05) is 17.3 Å². The van der Waals surface area contributed by atoms with Gasteiger partial charge in [-0.3, -0.25) is 4.99 Å². The van der Waals surface area contributed by atoms with Crippen LogP contribution in [0.3, 0.4) is 0 Å². The molecule has 3 aromatic carbocycles. The number of aliphatic imine (C=N–C) groups is 1. The van der Waals surface area contributed by atoms with Gasteiger partial charge in [-0.05, 0) is 61.9 Å². The summed E-state index contributed by atoms with van der Waals surface area (Å²) in [6, 6.07) is 19.0. The molecule has 0 amide bonds. The predicted octanol–water partition coefficient (Wildman–Crippen LogP) is 5.57. The van der Waals surface area contributed by atoms with E-state index in [1.807, 2.05) is 68.4 Å². The third kappa shape index (κ3) is 3.09. The summed E-state index contributed by atoms with van der Waals surface area (Å²) in [5.74, 6) is 0.818. The van der Waals surface area contributed by atoms with Crippen molar-refractivity contribution in [3.05, 3.63) is 77.4 Å². The maximum Gasteiger partial charge on any atom is 0.227 e. The lowest BCUT2D eigenvalue weighted by Crippen LogP contribution is -1.84. The van der Waals surface area contributed by atoms with Crippen LogP contribution in [0.15, 0.2) is 70.1 Å². The fourth-order valence-electron chi connectivity index (χ4n) is 2.82. The van der Waals surface area contributed by atoms with E-state index in [4.69, 9.17) is 4.42 Å². The molecule has 1 N–H and O–H groups in total. The maximum absolute atomic E-state index is 9.89. The zero-order valence-corrected chi connectivity index (χ0v) is 14.6. The van der Waals surface area contributed by atoms with Gasteiger partial charge in [-0.15, -0.1) is 0 Å². The minimum atomic E-state index is 0.220. The lowest BCUT2D eigenvalue weighted by atomic mass is 10.1. The van der Waals surface area contributed by atoms with E-state index in [0.717, 1.165) is 33.5 Å². The molecule has 0 atom stereocenters. The van der Waals surface area contributed by atoms with Gasteiger partial charge in [0.2, 0.25) is 5.89 Å². The molecule has 0 aliphatic carbocycles. The Kier molecular flexibility index (Phi) is 4.01. The second kappa shape index (κ2) is 6.48. The number of benzene rings is 3. The van der Waals surface area contributed by atoms with Gasteiger partial charge < -0.3 is 9.52 Å². The van der Waals surface area contributed by atoms with Crippen LogP contribution in [0, 0.1) is 13.8 Å². The molecule has 0 unspecified atom stereocenters. The molecule has 0 saturated carbocycles. The Bertz CT molecular complexity index is 1110. The molecular formula is C22H18N2O2. The zero-order valence-electron chi connectivity index (χ0n) is 14.6. The Morgan fingerprint density at radius 1 is 1.00 bits per heavy atom. The van der Waals surface area contributed by atoms with Gasteiger partial charge >= 0.3 is 0 Å². The van der Waals surface area contributed by atoms with Crippen molar-refractivity contribution in [1.29, 1.82) is 0 Å². The highest BCUT2D eigenvalue weighted by molar-refractivity contribution is 5.85. The Hall–Kier alpha value is -3.40. The van der Waals surface area contributed by atoms with Crippen LogP contribution in [-0.2, 0) is 0 Å². The Morgan fingerprint density at radius 3 is 2.58 bits per heavy atom. The van der Waals surface area contributed by atoms with Gasteiger partial charge in [-0.2, -0.15) is 0 Å². The molecule has 0 aliphatic rings. The number of aromatic nitrogens is 1. The van der Waals surface area contributed by atoms with Crippen molar-refractivity contribution in [2.24, 2.45) is 4.99 Å². The summed E-state index contributed by atoms with van der Waals surface area (Å²) >= 11 is 0. The first kappa shape index (κ1) is 16.1. The van der Waals surface area contributed by atoms with Gasteiger partial charge in [0.25, 0.3) is 0 Å². The summed E-state index contributed by atoms with van der Waals surface area (Å²) in [5.41, 5.74) is 6.24. The number of nitrogens with zero attached hydrogens (tertiary/aromatic N) is 2. The number of hydrogen-bond acceptors (Lipinski definition) is 4. The Labute approximate surface area is 151 Å². The standard InChI is InChI=1S/C22H18N2O2/c1-14-6-11-19(25)17(12-14)13-23-18-9-7-16(8-10-18)22-24-21-15(2)4-3-5-20(21)26-22/h3-13,25H,1-2H3. The molecule has 1 heterocycles. The molecule has 0 bridgehead atoms. The van der Waals surface area contributed by atoms with Crippen LogP contribution >= 0.6 is 0 Å². The molecule has 1 aromatic heterocycles. The normalized spacial score (nSPS) is 11.5. The van der Waals surface area contributed by atoms with Gasteiger partial charge in [0.15, 0.2) is 5.58 Å². The number of oxazole rings is 1. The third-order valence-corrected chi connectivity index (χ3v) is 4.27. The van der Waals surface area contributed by atoms with E-state index in [9.17, 15) is 5.11 Å². The molecule has 4 rings (SSSR count). The van der Waals surface area contributed by atoms with E-state index in [1.54, 1.807) is 12.3 Å². The summed E-state index contributed by atoms with van der Waals surface area (Å²) in [6.45, 7) is 4.00. The monoisotopic (exact) mass is 342 g/mol. The van der Waals surface area contributed by atoms with Crippen LogP contribution in [0.1, 0.15) is 16.7 Å². The number of phenols is 1. The molecule has 128 valence electrons. The Morgan fingerprint density at radius 2 is 1.81 bits per heavy atom. The number of phenolic OH excluding ortho intramolecular Hbond substituents is 1. The molecule has 0 spiro atoms. The third-order valence-electron chi connectivity index (χ3n) is 4.27. The zero-order chi connectivity index (χ0) is 18.1. The second-order valence-corrected chi connectivity index (χ2v) is 6.31. The summed E-state index contributed by atoms with van der Waals surface area (Å²) < 4.78 is 5.85. The highest BCUT2D eigenvalue weighted by Crippen LogP contribution is 2.27. The first-order chi connectivity index (χ1) is 12.6. The van der Waals surface area contributed by atoms with Crippen LogP contribution in [0.2, 0.25) is 0 Å². The van der Waals surface area contributed by atoms with Crippen molar-refractivity contribution in [2.75, 3.05) is 0 Å². The SMILES string of the molecule is Cc1ccc(O)c(C=Nc2ccc(-c3nc4c(C)cccc4o3)cc2)c1. The number of rotatable bonds is 3. The molecule has 4 heteroatoms. The van der Waals surface area contributed by atoms with Crippen molar-refractivity contribution in [1.82, 2.24) is 4.98 Å². The Balaban J connectivity index is 1.61. The predicted molar refractivity (Wildman–Crippen MR) is 104 cm³/mol. The molecule has 0 saturated heterocycles. The van der Waals surface area contributed by atoms with E-state index in [2.05, 4.69) is 9.98 Å².